The summed E-state index contributed by atoms with van der Waals surface area (Å²) in [5.41, 5.74) is 1.45. The number of benzene rings is 2. The fraction of sp³-hybridized carbons (Fsp3) is 0.381. The van der Waals surface area contributed by atoms with Crippen molar-refractivity contribution in [1.82, 2.24) is 24.6 Å². The van der Waals surface area contributed by atoms with Gasteiger partial charge in [0.2, 0.25) is 5.43 Å². The first-order chi connectivity index (χ1) is 13.9. The Morgan fingerprint density at radius 1 is 1.07 bits per heavy atom. The van der Waals surface area contributed by atoms with Crippen LogP contribution in [0.3, 0.4) is 0 Å². The third kappa shape index (κ3) is 3.34. The average molecular weight is 394 g/mol. The summed E-state index contributed by atoms with van der Waals surface area (Å²) in [7, 11) is 8.05. The first-order valence-electron chi connectivity index (χ1n) is 9.66. The fourth-order valence-electron chi connectivity index (χ4n) is 3.72. The maximum Gasteiger partial charge on any atom is 0.206 e. The van der Waals surface area contributed by atoms with Crippen LogP contribution in [0.25, 0.3) is 32.6 Å². The van der Waals surface area contributed by atoms with Crippen LogP contribution in [0.5, 0.6) is 5.75 Å². The zero-order valence-corrected chi connectivity index (χ0v) is 17.2. The van der Waals surface area contributed by atoms with Crippen LogP contribution in [-0.2, 0) is 6.54 Å². The molecule has 8 heteroatoms. The molecular formula is C21H26N6O2. The largest absolute Gasteiger partial charge is 0.507 e. The Labute approximate surface area is 168 Å². The molecule has 0 aliphatic rings. The maximum atomic E-state index is 12.6. The molecule has 2 aromatic carbocycles. The van der Waals surface area contributed by atoms with Crippen molar-refractivity contribution in [3.63, 3.8) is 0 Å². The van der Waals surface area contributed by atoms with E-state index in [1.807, 2.05) is 45.0 Å². The van der Waals surface area contributed by atoms with Crippen LogP contribution >= 0.6 is 0 Å². The number of likely N-dealkylation sites (N-methyl/N-ethyl adjacent to an activating group) is 2. The summed E-state index contributed by atoms with van der Waals surface area (Å²) in [6.07, 6.45) is 2.84. The Bertz CT molecular complexity index is 1300. The van der Waals surface area contributed by atoms with Gasteiger partial charge in [-0.3, -0.25) is 24.6 Å². The van der Waals surface area contributed by atoms with Gasteiger partial charge in [-0.15, -0.1) is 0 Å². The van der Waals surface area contributed by atoms with Gasteiger partial charge in [-0.2, -0.15) is 0 Å². The molecule has 0 aliphatic heterocycles. The van der Waals surface area contributed by atoms with Crippen molar-refractivity contribution in [3.05, 3.63) is 40.1 Å². The third-order valence-corrected chi connectivity index (χ3v) is 5.20. The van der Waals surface area contributed by atoms with Crippen molar-refractivity contribution in [3.8, 4) is 5.75 Å². The van der Waals surface area contributed by atoms with Gasteiger partial charge < -0.3 is 14.9 Å². The lowest BCUT2D eigenvalue weighted by Crippen LogP contribution is -2.19. The van der Waals surface area contributed by atoms with Crippen molar-refractivity contribution >= 4 is 32.6 Å². The number of fused-ring (bicyclic) bond motifs is 2. The summed E-state index contributed by atoms with van der Waals surface area (Å²) in [6.45, 7) is 3.00. The molecule has 4 rings (SSSR count). The summed E-state index contributed by atoms with van der Waals surface area (Å²) in [6, 6.07) is 3.94. The van der Waals surface area contributed by atoms with Crippen LogP contribution in [-0.4, -0.2) is 77.5 Å². The van der Waals surface area contributed by atoms with Crippen molar-refractivity contribution < 1.29 is 5.11 Å². The second kappa shape index (κ2) is 7.46. The molecule has 8 nitrogen and oxygen atoms in total. The third-order valence-electron chi connectivity index (χ3n) is 5.20. The number of aromatic amines is 1. The fourth-order valence-corrected chi connectivity index (χ4v) is 3.72. The molecule has 2 N–H and O–H groups in total. The molecule has 2 heterocycles. The molecule has 0 unspecified atom stereocenters. The van der Waals surface area contributed by atoms with Crippen LogP contribution in [0.2, 0.25) is 0 Å². The Balaban J connectivity index is 2.08. The number of pyridine rings is 1. The van der Waals surface area contributed by atoms with E-state index in [0.29, 0.717) is 22.7 Å². The van der Waals surface area contributed by atoms with E-state index in [1.54, 1.807) is 6.20 Å². The molecule has 0 radical (unpaired) electrons. The monoisotopic (exact) mass is 394 g/mol. The first kappa shape index (κ1) is 19.4. The van der Waals surface area contributed by atoms with E-state index in [-0.39, 0.29) is 11.2 Å². The molecule has 0 fully saturated rings. The smallest absolute Gasteiger partial charge is 0.206 e. The lowest BCUT2D eigenvalue weighted by Gasteiger charge is -2.11. The van der Waals surface area contributed by atoms with Gasteiger partial charge in [0, 0.05) is 30.1 Å². The van der Waals surface area contributed by atoms with Gasteiger partial charge in [-0.1, -0.05) is 0 Å². The highest BCUT2D eigenvalue weighted by Crippen LogP contribution is 2.37. The highest BCUT2D eigenvalue weighted by atomic mass is 16.3. The Hall–Kier alpha value is -2.97. The van der Waals surface area contributed by atoms with E-state index < -0.39 is 0 Å². The lowest BCUT2D eigenvalue weighted by molar-refractivity contribution is 0.377. The minimum Gasteiger partial charge on any atom is -0.507 e. The number of rotatable bonds is 6. The molecule has 0 spiro atoms. The van der Waals surface area contributed by atoms with Gasteiger partial charge in [-0.05, 0) is 40.3 Å². The molecule has 0 saturated carbocycles. The molecule has 29 heavy (non-hydrogen) atoms. The zero-order chi connectivity index (χ0) is 20.7. The van der Waals surface area contributed by atoms with Crippen LogP contribution in [0, 0.1) is 0 Å². The Kier molecular flexibility index (Phi) is 4.97. The van der Waals surface area contributed by atoms with Gasteiger partial charge in [0.25, 0.3) is 0 Å². The second-order valence-electron chi connectivity index (χ2n) is 7.89. The summed E-state index contributed by atoms with van der Waals surface area (Å²) in [5, 5.41) is 17.6. The number of phenols is 1. The van der Waals surface area contributed by atoms with E-state index in [4.69, 9.17) is 4.99 Å². The van der Waals surface area contributed by atoms with Gasteiger partial charge in [0.1, 0.15) is 5.75 Å². The van der Waals surface area contributed by atoms with E-state index in [0.717, 1.165) is 41.4 Å². The van der Waals surface area contributed by atoms with Crippen molar-refractivity contribution in [2.24, 2.45) is 4.99 Å². The van der Waals surface area contributed by atoms with E-state index in [9.17, 15) is 9.90 Å². The number of aromatic nitrogens is 3. The molecule has 2 aromatic heterocycles. The number of nitrogens with zero attached hydrogens (tertiary/aromatic N) is 5. The summed E-state index contributed by atoms with van der Waals surface area (Å²) >= 11 is 0. The van der Waals surface area contributed by atoms with E-state index in [2.05, 4.69) is 19.9 Å². The number of hydrogen-bond acceptors (Lipinski definition) is 6. The molecule has 152 valence electrons. The van der Waals surface area contributed by atoms with E-state index in [1.165, 1.54) is 6.20 Å². The van der Waals surface area contributed by atoms with E-state index >= 15 is 0 Å². The normalized spacial score (nSPS) is 13.1. The number of aromatic hydroxyl groups is 1. The predicted octanol–water partition coefficient (Wildman–Crippen LogP) is 1.20. The number of hydrogen-bond donors (Lipinski definition) is 2. The predicted molar refractivity (Wildman–Crippen MR) is 116 cm³/mol. The standard InChI is InChI=1S/C21H26N6O2/c1-25(2)8-7-23-14-5-6-15-19-18(14)21(29)13-11-22-12-16(28)17(13)20(19)24-27(15)10-9-26(3)4/h5-6,11-12,24,29H,7-10H2,1-4H3. The lowest BCUT2D eigenvalue weighted by atomic mass is 10.0. The van der Waals surface area contributed by atoms with Gasteiger partial charge >= 0.3 is 0 Å². The Morgan fingerprint density at radius 2 is 1.83 bits per heavy atom. The second-order valence-corrected chi connectivity index (χ2v) is 7.89. The van der Waals surface area contributed by atoms with Crippen molar-refractivity contribution in [2.75, 3.05) is 47.8 Å². The molecule has 0 atom stereocenters. The van der Waals surface area contributed by atoms with Crippen LogP contribution in [0.4, 0.5) is 0 Å². The number of H-pyrrole nitrogens is 1. The SMILES string of the molecule is CN(C)CCN=c1ccc2c3c1c(O)c1cncc(=O)c1c3[nH]n2CCN(C)C. The van der Waals surface area contributed by atoms with Crippen LogP contribution in [0.15, 0.2) is 34.3 Å². The molecule has 0 saturated heterocycles. The Morgan fingerprint density at radius 3 is 2.55 bits per heavy atom. The highest BCUT2D eigenvalue weighted by Gasteiger charge is 2.20. The molecule has 4 aromatic rings. The average Bonchev–Trinajstić information content (AvgIpc) is 3.03. The molecule has 0 amide bonds. The highest BCUT2D eigenvalue weighted by molar-refractivity contribution is 6.22. The summed E-state index contributed by atoms with van der Waals surface area (Å²) in [4.78, 5) is 25.5. The zero-order valence-electron chi connectivity index (χ0n) is 17.2. The minimum atomic E-state index is -0.211. The molecule has 0 bridgehead atoms. The topological polar surface area (TPSA) is 89.7 Å². The first-order valence-corrected chi connectivity index (χ1v) is 9.66. The molecular weight excluding hydrogens is 368 g/mol. The quantitative estimate of drug-likeness (QED) is 0.480. The van der Waals surface area contributed by atoms with Gasteiger partial charge in [0.15, 0.2) is 0 Å². The maximum absolute atomic E-state index is 12.6. The molecule has 0 aliphatic carbocycles. The summed E-state index contributed by atoms with van der Waals surface area (Å²) < 4.78 is 2.03. The van der Waals surface area contributed by atoms with Gasteiger partial charge in [0.05, 0.1) is 46.4 Å². The van der Waals surface area contributed by atoms with Gasteiger partial charge in [-0.25, -0.2) is 0 Å². The summed E-state index contributed by atoms with van der Waals surface area (Å²) in [5.74, 6) is 0.0608. The van der Waals surface area contributed by atoms with Crippen molar-refractivity contribution in [1.29, 1.82) is 0 Å². The van der Waals surface area contributed by atoms with Crippen LogP contribution < -0.4 is 10.8 Å². The number of phenolic OH excluding ortho intramolecular Hbond substituents is 1. The number of nitrogens with one attached hydrogen (secondary N) is 1. The van der Waals surface area contributed by atoms with Crippen LogP contribution in [0.1, 0.15) is 0 Å². The minimum absolute atomic E-state index is 0.0608. The van der Waals surface area contributed by atoms with Crippen molar-refractivity contribution in [2.45, 2.75) is 6.54 Å².